The van der Waals surface area contributed by atoms with E-state index in [9.17, 15) is 13.2 Å². The van der Waals surface area contributed by atoms with Gasteiger partial charge < -0.3 is 4.74 Å². The van der Waals surface area contributed by atoms with Gasteiger partial charge in [0, 0.05) is 7.05 Å². The highest BCUT2D eigenvalue weighted by molar-refractivity contribution is 7.92. The minimum atomic E-state index is -4.08. The van der Waals surface area contributed by atoms with E-state index < -0.39 is 15.6 Å². The van der Waals surface area contributed by atoms with Crippen molar-refractivity contribution < 1.29 is 13.2 Å². The first-order valence-corrected chi connectivity index (χ1v) is 11.6. The molecule has 0 aliphatic heterocycles. The molecule has 7 nitrogen and oxygen atoms in total. The van der Waals surface area contributed by atoms with Gasteiger partial charge in [0.15, 0.2) is 0 Å². The lowest BCUT2D eigenvalue weighted by Gasteiger charge is -2.21. The summed E-state index contributed by atoms with van der Waals surface area (Å²) in [5.41, 5.74) is 1.31. The molecule has 0 aliphatic carbocycles. The largest absolute Gasteiger partial charge is 0.492 e. The maximum Gasteiger partial charge on any atom is 0.296 e. The highest BCUT2D eigenvalue weighted by Gasteiger charge is 2.27. The summed E-state index contributed by atoms with van der Waals surface area (Å²) in [7, 11) is -2.37. The third-order valence-corrected chi connectivity index (χ3v) is 6.56. The lowest BCUT2D eigenvalue weighted by atomic mass is 9.87. The zero-order chi connectivity index (χ0) is 23.0. The van der Waals surface area contributed by atoms with Crippen molar-refractivity contribution in [3.63, 3.8) is 0 Å². The fourth-order valence-corrected chi connectivity index (χ4v) is 4.62. The Morgan fingerprint density at radius 3 is 2.29 bits per heavy atom. The van der Waals surface area contributed by atoms with E-state index in [2.05, 4.69) is 4.72 Å². The average molecular weight is 444 g/mol. The molecule has 8 heteroatoms. The number of rotatable bonds is 6. The van der Waals surface area contributed by atoms with Gasteiger partial charge in [-0.15, -0.1) is 0 Å². The molecule has 0 aliphatic rings. The minimum Gasteiger partial charge on any atom is -0.492 e. The van der Waals surface area contributed by atoms with Gasteiger partial charge in [-0.1, -0.05) is 45.0 Å². The number of para-hydroxylation sites is 1. The van der Waals surface area contributed by atoms with Crippen molar-refractivity contribution in [1.29, 1.82) is 0 Å². The standard InChI is InChI=1S/C23H29N3O4S/c1-7-30-19-14-13-17(23(3,4)5)15-20(19)31(28,29)24-21-16(2)25(6)26(22(21)27)18-11-9-8-10-12-18/h8-15,24H,7H2,1-6H3. The normalized spacial score (nSPS) is 12.1. The van der Waals surface area contributed by atoms with E-state index >= 15 is 0 Å². The summed E-state index contributed by atoms with van der Waals surface area (Å²) in [4.78, 5) is 13.2. The van der Waals surface area contributed by atoms with Crippen molar-refractivity contribution in [3.05, 3.63) is 70.1 Å². The van der Waals surface area contributed by atoms with Crippen LogP contribution in [-0.2, 0) is 22.5 Å². The smallest absolute Gasteiger partial charge is 0.296 e. The second-order valence-corrected chi connectivity index (χ2v) is 10.0. The van der Waals surface area contributed by atoms with Crippen molar-refractivity contribution >= 4 is 15.7 Å². The Labute approximate surface area is 183 Å². The summed E-state index contributed by atoms with van der Waals surface area (Å²) in [6.45, 7) is 9.84. The SMILES string of the molecule is CCOc1ccc(C(C)(C)C)cc1S(=O)(=O)Nc1c(C)n(C)n(-c2ccccc2)c1=O. The molecule has 0 saturated carbocycles. The van der Waals surface area contributed by atoms with Gasteiger partial charge in [-0.25, -0.2) is 13.1 Å². The van der Waals surface area contributed by atoms with Gasteiger partial charge >= 0.3 is 0 Å². The zero-order valence-electron chi connectivity index (χ0n) is 18.8. The number of nitrogens with zero attached hydrogens (tertiary/aromatic N) is 2. The molecule has 0 radical (unpaired) electrons. The van der Waals surface area contributed by atoms with Crippen LogP contribution in [-0.4, -0.2) is 24.4 Å². The van der Waals surface area contributed by atoms with Crippen LogP contribution in [0, 0.1) is 6.92 Å². The molecule has 2 aromatic carbocycles. The third-order valence-electron chi connectivity index (χ3n) is 5.19. The zero-order valence-corrected chi connectivity index (χ0v) is 19.6. The topological polar surface area (TPSA) is 82.3 Å². The van der Waals surface area contributed by atoms with Gasteiger partial charge in [0.25, 0.3) is 15.6 Å². The van der Waals surface area contributed by atoms with Crippen LogP contribution in [0.2, 0.25) is 0 Å². The van der Waals surface area contributed by atoms with E-state index in [0.717, 1.165) is 5.56 Å². The molecule has 31 heavy (non-hydrogen) atoms. The molecule has 3 rings (SSSR count). The highest BCUT2D eigenvalue weighted by Crippen LogP contribution is 2.32. The Kier molecular flexibility index (Phi) is 6.04. The molecule has 0 amide bonds. The molecule has 0 fully saturated rings. The van der Waals surface area contributed by atoms with Crippen molar-refractivity contribution in [1.82, 2.24) is 9.36 Å². The first kappa shape index (κ1) is 22.7. The molecule has 3 aromatic rings. The Balaban J connectivity index is 2.13. The van der Waals surface area contributed by atoms with Crippen LogP contribution in [0.3, 0.4) is 0 Å². The fraction of sp³-hybridized carbons (Fsp3) is 0.348. The number of hydrogen-bond acceptors (Lipinski definition) is 4. The van der Waals surface area contributed by atoms with Crippen LogP contribution in [0.1, 0.15) is 39.0 Å². The third kappa shape index (κ3) is 4.39. The van der Waals surface area contributed by atoms with E-state index in [1.807, 2.05) is 45.0 Å². The maximum absolute atomic E-state index is 13.4. The molecule has 0 bridgehead atoms. The molecular weight excluding hydrogens is 414 g/mol. The Morgan fingerprint density at radius 2 is 1.71 bits per heavy atom. The van der Waals surface area contributed by atoms with Crippen LogP contribution in [0.25, 0.3) is 5.69 Å². The van der Waals surface area contributed by atoms with E-state index in [1.54, 1.807) is 49.8 Å². The number of sulfonamides is 1. The fourth-order valence-electron chi connectivity index (χ4n) is 3.33. The molecule has 0 saturated heterocycles. The first-order chi connectivity index (χ1) is 14.5. The summed E-state index contributed by atoms with van der Waals surface area (Å²) in [5, 5.41) is 0. The van der Waals surface area contributed by atoms with Gasteiger partial charge in [-0.2, -0.15) is 0 Å². The maximum atomic E-state index is 13.4. The average Bonchev–Trinajstić information content (AvgIpc) is 2.91. The molecule has 1 aromatic heterocycles. The predicted molar refractivity (Wildman–Crippen MR) is 123 cm³/mol. The van der Waals surface area contributed by atoms with Gasteiger partial charge in [-0.05, 0) is 49.1 Å². The van der Waals surface area contributed by atoms with Crippen molar-refractivity contribution in [2.24, 2.45) is 7.05 Å². The lowest BCUT2D eigenvalue weighted by Crippen LogP contribution is -2.23. The van der Waals surface area contributed by atoms with Crippen LogP contribution in [0.4, 0.5) is 5.69 Å². The number of nitrogens with one attached hydrogen (secondary N) is 1. The first-order valence-electron chi connectivity index (χ1n) is 10.1. The summed E-state index contributed by atoms with van der Waals surface area (Å²) in [5.74, 6) is 0.250. The van der Waals surface area contributed by atoms with Gasteiger partial charge in [0.05, 0.1) is 18.0 Å². The molecule has 1 N–H and O–H groups in total. The number of ether oxygens (including phenoxy) is 1. The molecule has 1 heterocycles. The Bertz CT molecular complexity index is 1250. The second kappa shape index (κ2) is 8.26. The lowest BCUT2D eigenvalue weighted by molar-refractivity contribution is 0.331. The summed E-state index contributed by atoms with van der Waals surface area (Å²) in [6, 6.07) is 14.2. The number of hydrogen-bond donors (Lipinski definition) is 1. The summed E-state index contributed by atoms with van der Waals surface area (Å²) < 4.78 is 37.9. The quantitative estimate of drug-likeness (QED) is 0.625. The van der Waals surface area contributed by atoms with Crippen molar-refractivity contribution in [2.75, 3.05) is 11.3 Å². The Morgan fingerprint density at radius 1 is 1.06 bits per heavy atom. The number of anilines is 1. The van der Waals surface area contributed by atoms with Crippen LogP contribution >= 0.6 is 0 Å². The van der Waals surface area contributed by atoms with Crippen molar-refractivity contribution in [3.8, 4) is 11.4 Å². The molecule has 0 atom stereocenters. The van der Waals surface area contributed by atoms with Gasteiger partial charge in [0.2, 0.25) is 0 Å². The minimum absolute atomic E-state index is 0.00923. The van der Waals surface area contributed by atoms with Crippen LogP contribution in [0.15, 0.2) is 58.2 Å². The van der Waals surface area contributed by atoms with Gasteiger partial charge in [-0.3, -0.25) is 14.2 Å². The monoisotopic (exact) mass is 443 g/mol. The second-order valence-electron chi connectivity index (χ2n) is 8.39. The molecular formula is C23H29N3O4S. The van der Waals surface area contributed by atoms with Crippen LogP contribution < -0.4 is 15.0 Å². The number of aromatic nitrogens is 2. The highest BCUT2D eigenvalue weighted by atomic mass is 32.2. The molecule has 166 valence electrons. The van der Waals surface area contributed by atoms with Crippen molar-refractivity contribution in [2.45, 2.75) is 44.9 Å². The molecule has 0 spiro atoms. The van der Waals surface area contributed by atoms with Gasteiger partial charge in [0.1, 0.15) is 16.3 Å². The predicted octanol–water partition coefficient (Wildman–Crippen LogP) is 3.98. The van der Waals surface area contributed by atoms with E-state index in [0.29, 0.717) is 18.0 Å². The Hall–Kier alpha value is -3.00. The van der Waals surface area contributed by atoms with E-state index in [-0.39, 0.29) is 21.7 Å². The van der Waals surface area contributed by atoms with E-state index in [1.165, 1.54) is 4.68 Å². The van der Waals surface area contributed by atoms with Crippen LogP contribution in [0.5, 0.6) is 5.75 Å². The summed E-state index contributed by atoms with van der Waals surface area (Å²) >= 11 is 0. The number of benzene rings is 2. The van der Waals surface area contributed by atoms with E-state index in [4.69, 9.17) is 4.74 Å². The summed E-state index contributed by atoms with van der Waals surface area (Å²) in [6.07, 6.45) is 0. The molecule has 0 unspecified atom stereocenters.